The van der Waals surface area contributed by atoms with E-state index < -0.39 is 10.9 Å². The van der Waals surface area contributed by atoms with Crippen LogP contribution in [0.15, 0.2) is 23.1 Å². The second-order valence-corrected chi connectivity index (χ2v) is 10.3. The van der Waals surface area contributed by atoms with Gasteiger partial charge in [0.1, 0.15) is 5.60 Å². The van der Waals surface area contributed by atoms with Crippen molar-refractivity contribution in [2.45, 2.75) is 42.9 Å². The van der Waals surface area contributed by atoms with Crippen LogP contribution in [0.2, 0.25) is 5.02 Å². The quantitative estimate of drug-likeness (QED) is 0.690. The number of amides is 3. The number of ether oxygens (including phenoxy) is 1. The van der Waals surface area contributed by atoms with Crippen LogP contribution in [0.4, 0.5) is 10.5 Å². The van der Waals surface area contributed by atoms with Gasteiger partial charge in [-0.05, 0) is 39.0 Å². The Balaban J connectivity index is 1.36. The van der Waals surface area contributed by atoms with Gasteiger partial charge in [0.25, 0.3) is 0 Å². The third kappa shape index (κ3) is 7.02. The number of anilines is 1. The number of hydrogen-bond acceptors (Lipinski definition) is 6. The van der Waals surface area contributed by atoms with Crippen molar-refractivity contribution in [3.8, 4) is 0 Å². The van der Waals surface area contributed by atoms with Crippen molar-refractivity contribution in [2.24, 2.45) is 0 Å². The molecule has 3 rings (SSSR count). The van der Waals surface area contributed by atoms with Crippen LogP contribution in [-0.2, 0) is 14.3 Å². The lowest BCUT2D eigenvalue weighted by Crippen LogP contribution is -2.51. The second kappa shape index (κ2) is 10.1. The Labute approximate surface area is 192 Å². The van der Waals surface area contributed by atoms with E-state index in [1.165, 1.54) is 11.8 Å². The van der Waals surface area contributed by atoms with Crippen molar-refractivity contribution < 1.29 is 19.1 Å². The minimum absolute atomic E-state index is 0.116. The number of benzene rings is 1. The number of piperazine rings is 1. The summed E-state index contributed by atoms with van der Waals surface area (Å²) in [6.07, 6.45) is -0.169. The lowest BCUT2D eigenvalue weighted by molar-refractivity contribution is -0.124. The summed E-state index contributed by atoms with van der Waals surface area (Å²) in [6.45, 7) is 9.42. The van der Waals surface area contributed by atoms with Crippen LogP contribution in [0.1, 0.15) is 27.2 Å². The summed E-state index contributed by atoms with van der Waals surface area (Å²) in [5.41, 5.74) is 0.186. The maximum absolute atomic E-state index is 12.3. The number of nitrogens with one attached hydrogen (secondary N) is 2. The number of thioether (sulfide) groups is 1. The van der Waals surface area contributed by atoms with E-state index in [1.807, 2.05) is 26.8 Å². The maximum Gasteiger partial charge on any atom is 0.410 e. The van der Waals surface area contributed by atoms with E-state index in [0.29, 0.717) is 36.9 Å². The first kappa shape index (κ1) is 23.7. The lowest BCUT2D eigenvalue weighted by Gasteiger charge is -2.35. The highest BCUT2D eigenvalue weighted by atomic mass is 35.5. The SMILES string of the molecule is CC(C)(C)OC(=O)N1CCN(CCNC(=O)CC2Sc3ccc(Cl)cc3NC2=O)CC1. The molecule has 1 fully saturated rings. The van der Waals surface area contributed by atoms with E-state index in [1.54, 1.807) is 17.0 Å². The fourth-order valence-electron chi connectivity index (χ4n) is 3.33. The summed E-state index contributed by atoms with van der Waals surface area (Å²) in [5, 5.41) is 5.80. The Kier molecular flexibility index (Phi) is 7.72. The first-order chi connectivity index (χ1) is 14.6. The Morgan fingerprint density at radius 1 is 1.26 bits per heavy atom. The number of hydrogen-bond donors (Lipinski definition) is 2. The minimum Gasteiger partial charge on any atom is -0.444 e. The summed E-state index contributed by atoms with van der Waals surface area (Å²) in [4.78, 5) is 41.6. The standard InChI is InChI=1S/C21H29ClN4O4S/c1-21(2,3)30-20(29)26-10-8-25(9-11-26)7-6-23-18(27)13-17-19(28)24-15-12-14(22)4-5-16(15)31-17/h4-5,12,17H,6-11,13H2,1-3H3,(H,23,27)(H,24,28). The number of rotatable bonds is 5. The third-order valence-electron chi connectivity index (χ3n) is 4.91. The van der Waals surface area contributed by atoms with Crippen LogP contribution >= 0.6 is 23.4 Å². The molecule has 0 bridgehead atoms. The predicted molar refractivity (Wildman–Crippen MR) is 122 cm³/mol. The Bertz CT molecular complexity index is 837. The van der Waals surface area contributed by atoms with Gasteiger partial charge in [0.2, 0.25) is 11.8 Å². The highest BCUT2D eigenvalue weighted by molar-refractivity contribution is 8.01. The Hall–Kier alpha value is -1.97. The molecule has 0 aromatic heterocycles. The first-order valence-corrected chi connectivity index (χ1v) is 11.6. The highest BCUT2D eigenvalue weighted by Gasteiger charge is 2.29. The van der Waals surface area contributed by atoms with Gasteiger partial charge in [0.05, 0.1) is 10.9 Å². The zero-order chi connectivity index (χ0) is 22.6. The van der Waals surface area contributed by atoms with Crippen molar-refractivity contribution in [3.05, 3.63) is 23.2 Å². The van der Waals surface area contributed by atoms with Gasteiger partial charge in [-0.2, -0.15) is 0 Å². The average molecular weight is 469 g/mol. The molecule has 1 aromatic carbocycles. The molecule has 1 saturated heterocycles. The normalized spacial score (nSPS) is 19.4. The van der Waals surface area contributed by atoms with Crippen LogP contribution < -0.4 is 10.6 Å². The molecule has 0 radical (unpaired) electrons. The van der Waals surface area contributed by atoms with Gasteiger partial charge in [-0.3, -0.25) is 14.5 Å². The first-order valence-electron chi connectivity index (χ1n) is 10.3. The van der Waals surface area contributed by atoms with Crippen molar-refractivity contribution in [1.29, 1.82) is 0 Å². The van der Waals surface area contributed by atoms with Gasteiger partial charge in [-0.15, -0.1) is 11.8 Å². The molecule has 0 aliphatic carbocycles. The molecule has 0 saturated carbocycles. The van der Waals surface area contributed by atoms with Crippen molar-refractivity contribution in [3.63, 3.8) is 0 Å². The van der Waals surface area contributed by atoms with Crippen molar-refractivity contribution >= 4 is 47.0 Å². The molecule has 2 N–H and O–H groups in total. The van der Waals surface area contributed by atoms with Crippen LogP contribution in [0.5, 0.6) is 0 Å². The number of carbonyl (C=O) groups is 3. The van der Waals surface area contributed by atoms with Gasteiger partial charge < -0.3 is 20.3 Å². The van der Waals surface area contributed by atoms with Crippen LogP contribution in [0, 0.1) is 0 Å². The monoisotopic (exact) mass is 468 g/mol. The predicted octanol–water partition coefficient (Wildman–Crippen LogP) is 2.81. The second-order valence-electron chi connectivity index (χ2n) is 8.60. The molecule has 1 atom stereocenters. The smallest absolute Gasteiger partial charge is 0.410 e. The molecule has 0 spiro atoms. The lowest BCUT2D eigenvalue weighted by atomic mass is 10.2. The summed E-state index contributed by atoms with van der Waals surface area (Å²) in [7, 11) is 0. The van der Waals surface area contributed by atoms with E-state index in [4.69, 9.17) is 16.3 Å². The zero-order valence-electron chi connectivity index (χ0n) is 18.1. The van der Waals surface area contributed by atoms with Crippen LogP contribution in [0.3, 0.4) is 0 Å². The summed E-state index contributed by atoms with van der Waals surface area (Å²) < 4.78 is 5.40. The van der Waals surface area contributed by atoms with Gasteiger partial charge in [0, 0.05) is 55.6 Å². The fourth-order valence-corrected chi connectivity index (χ4v) is 4.59. The molecule has 1 unspecified atom stereocenters. The molecule has 31 heavy (non-hydrogen) atoms. The number of fused-ring (bicyclic) bond motifs is 1. The van der Waals surface area contributed by atoms with E-state index in [2.05, 4.69) is 15.5 Å². The summed E-state index contributed by atoms with van der Waals surface area (Å²) >= 11 is 7.34. The molecule has 170 valence electrons. The molecule has 2 aliphatic heterocycles. The number of carbonyl (C=O) groups excluding carboxylic acids is 3. The topological polar surface area (TPSA) is 91.0 Å². The molecular weight excluding hydrogens is 440 g/mol. The zero-order valence-corrected chi connectivity index (χ0v) is 19.6. The van der Waals surface area contributed by atoms with E-state index in [9.17, 15) is 14.4 Å². The van der Waals surface area contributed by atoms with E-state index >= 15 is 0 Å². The maximum atomic E-state index is 12.3. The van der Waals surface area contributed by atoms with Crippen molar-refractivity contribution in [2.75, 3.05) is 44.6 Å². The fraction of sp³-hybridized carbons (Fsp3) is 0.571. The average Bonchev–Trinajstić information content (AvgIpc) is 2.68. The van der Waals surface area contributed by atoms with Gasteiger partial charge in [-0.25, -0.2) is 4.79 Å². The van der Waals surface area contributed by atoms with Crippen LogP contribution in [-0.4, -0.2) is 77.8 Å². The largest absolute Gasteiger partial charge is 0.444 e. The molecule has 1 aromatic rings. The van der Waals surface area contributed by atoms with E-state index in [-0.39, 0.29) is 24.3 Å². The van der Waals surface area contributed by atoms with E-state index in [0.717, 1.165) is 18.0 Å². The number of halogens is 1. The summed E-state index contributed by atoms with van der Waals surface area (Å²) in [5.74, 6) is -0.342. The Morgan fingerprint density at radius 2 is 1.97 bits per heavy atom. The number of nitrogens with zero attached hydrogens (tertiary/aromatic N) is 2. The highest BCUT2D eigenvalue weighted by Crippen LogP contribution is 2.38. The van der Waals surface area contributed by atoms with Gasteiger partial charge in [-0.1, -0.05) is 11.6 Å². The van der Waals surface area contributed by atoms with Crippen LogP contribution in [0.25, 0.3) is 0 Å². The minimum atomic E-state index is -0.499. The molecular formula is C21H29ClN4O4S. The molecule has 2 heterocycles. The van der Waals surface area contributed by atoms with Crippen molar-refractivity contribution in [1.82, 2.24) is 15.1 Å². The Morgan fingerprint density at radius 3 is 2.65 bits per heavy atom. The molecule has 10 heteroatoms. The van der Waals surface area contributed by atoms with Gasteiger partial charge >= 0.3 is 6.09 Å². The third-order valence-corrected chi connectivity index (χ3v) is 6.42. The molecule has 8 nitrogen and oxygen atoms in total. The molecule has 2 aliphatic rings. The molecule has 3 amide bonds. The summed E-state index contributed by atoms with van der Waals surface area (Å²) in [6, 6.07) is 5.33. The van der Waals surface area contributed by atoms with Gasteiger partial charge in [0.15, 0.2) is 0 Å².